The Hall–Kier alpha value is -3.00. The number of benzene rings is 1. The molecule has 28 heavy (non-hydrogen) atoms. The maximum Gasteiger partial charge on any atom is 0.181 e. The first-order chi connectivity index (χ1) is 13.5. The van der Waals surface area contributed by atoms with Gasteiger partial charge in [-0.05, 0) is 30.3 Å². The van der Waals surface area contributed by atoms with Crippen LogP contribution in [0.25, 0.3) is 28.2 Å². The number of nitrogens with zero attached hydrogens (tertiary/aromatic N) is 4. The molecule has 0 unspecified atom stereocenters. The van der Waals surface area contributed by atoms with Gasteiger partial charge in [0.15, 0.2) is 11.4 Å². The third-order valence-corrected chi connectivity index (χ3v) is 4.73. The lowest BCUT2D eigenvalue weighted by Crippen LogP contribution is -2.05. The van der Waals surface area contributed by atoms with Crippen molar-refractivity contribution in [1.82, 2.24) is 19.6 Å². The zero-order valence-corrected chi connectivity index (χ0v) is 16.2. The quantitative estimate of drug-likeness (QED) is 0.413. The molecular weight excluding hydrogens is 430 g/mol. The smallest absolute Gasteiger partial charge is 0.181 e. The number of carbonyl (C=O) groups excluding carboxylic acids is 1. The van der Waals surface area contributed by atoms with Crippen LogP contribution in [0.3, 0.4) is 0 Å². The number of hydrogen-bond donors (Lipinski definition) is 0. The van der Waals surface area contributed by atoms with Crippen LogP contribution in [0.1, 0.15) is 23.8 Å². The first-order valence-corrected chi connectivity index (χ1v) is 9.26. The first-order valence-electron chi connectivity index (χ1n) is 8.46. The van der Waals surface area contributed by atoms with E-state index in [1.54, 1.807) is 31.2 Å². The number of pyridine rings is 1. The molecule has 0 bridgehead atoms. The van der Waals surface area contributed by atoms with Gasteiger partial charge in [-0.15, -0.1) is 0 Å². The van der Waals surface area contributed by atoms with E-state index in [2.05, 4.69) is 31.0 Å². The standard InChI is InChI=1S/C20H13BrF2N4O/c1-2-19(28)17-7-18(11-5-13(22)10-24-9-11)27-20(25-17)8-16(26-27)14-4-3-12(21)6-15(14)23/h3-10H,2H2,1H3. The van der Waals surface area contributed by atoms with Crippen LogP contribution in [-0.4, -0.2) is 25.4 Å². The number of fused-ring (bicyclic) bond motifs is 1. The summed E-state index contributed by atoms with van der Waals surface area (Å²) in [4.78, 5) is 20.4. The fourth-order valence-electron chi connectivity index (χ4n) is 2.88. The van der Waals surface area contributed by atoms with Crippen molar-refractivity contribution < 1.29 is 13.6 Å². The average molecular weight is 443 g/mol. The Bertz CT molecular complexity index is 1220. The third kappa shape index (κ3) is 3.31. The second-order valence-corrected chi connectivity index (χ2v) is 7.03. The summed E-state index contributed by atoms with van der Waals surface area (Å²) < 4.78 is 30.2. The highest BCUT2D eigenvalue weighted by molar-refractivity contribution is 9.10. The minimum Gasteiger partial charge on any atom is -0.292 e. The molecule has 0 aliphatic rings. The van der Waals surface area contributed by atoms with Crippen molar-refractivity contribution in [2.75, 3.05) is 0 Å². The van der Waals surface area contributed by atoms with Crippen molar-refractivity contribution in [3.63, 3.8) is 0 Å². The van der Waals surface area contributed by atoms with Crippen LogP contribution in [0.15, 0.2) is 53.3 Å². The third-order valence-electron chi connectivity index (χ3n) is 4.24. The number of Topliss-reactive ketones (excluding diaryl/α,β-unsaturated/α-hetero) is 1. The molecule has 0 fully saturated rings. The Morgan fingerprint density at radius 1 is 1.14 bits per heavy atom. The summed E-state index contributed by atoms with van der Waals surface area (Å²) in [6.07, 6.45) is 2.83. The van der Waals surface area contributed by atoms with Crippen molar-refractivity contribution in [2.24, 2.45) is 0 Å². The van der Waals surface area contributed by atoms with Gasteiger partial charge in [-0.3, -0.25) is 9.78 Å². The van der Waals surface area contributed by atoms with Crippen molar-refractivity contribution >= 4 is 27.4 Å². The molecule has 0 spiro atoms. The predicted molar refractivity (Wildman–Crippen MR) is 104 cm³/mol. The summed E-state index contributed by atoms with van der Waals surface area (Å²) in [5, 5.41) is 4.44. The molecule has 0 amide bonds. The summed E-state index contributed by atoms with van der Waals surface area (Å²) in [5.41, 5.74) is 2.11. The van der Waals surface area contributed by atoms with Crippen molar-refractivity contribution in [2.45, 2.75) is 13.3 Å². The van der Waals surface area contributed by atoms with Crippen LogP contribution >= 0.6 is 15.9 Å². The van der Waals surface area contributed by atoms with Gasteiger partial charge in [0.1, 0.15) is 17.3 Å². The summed E-state index contributed by atoms with van der Waals surface area (Å²) >= 11 is 3.23. The summed E-state index contributed by atoms with van der Waals surface area (Å²) in [6, 6.07) is 9.08. The molecule has 0 aliphatic heterocycles. The lowest BCUT2D eigenvalue weighted by molar-refractivity contribution is 0.0983. The van der Waals surface area contributed by atoms with Crippen LogP contribution in [0.2, 0.25) is 0 Å². The molecule has 8 heteroatoms. The Balaban J connectivity index is 1.98. The van der Waals surface area contributed by atoms with E-state index in [0.717, 1.165) is 6.20 Å². The molecule has 1 aromatic carbocycles. The van der Waals surface area contributed by atoms with E-state index in [0.29, 0.717) is 32.6 Å². The molecule has 0 saturated carbocycles. The lowest BCUT2D eigenvalue weighted by Gasteiger charge is -2.07. The molecule has 3 heterocycles. The zero-order valence-electron chi connectivity index (χ0n) is 14.7. The van der Waals surface area contributed by atoms with Gasteiger partial charge in [0, 0.05) is 34.3 Å². The topological polar surface area (TPSA) is 60.2 Å². The molecule has 4 rings (SSSR count). The maximum atomic E-state index is 14.4. The molecule has 0 N–H and O–H groups in total. The largest absolute Gasteiger partial charge is 0.292 e. The van der Waals surface area contributed by atoms with Gasteiger partial charge in [0.05, 0.1) is 17.6 Å². The minimum atomic E-state index is -0.517. The lowest BCUT2D eigenvalue weighted by atomic mass is 10.1. The normalized spacial score (nSPS) is 11.1. The molecule has 5 nitrogen and oxygen atoms in total. The van der Waals surface area contributed by atoms with Gasteiger partial charge in [-0.2, -0.15) is 5.10 Å². The van der Waals surface area contributed by atoms with E-state index in [9.17, 15) is 13.6 Å². The second-order valence-electron chi connectivity index (χ2n) is 6.12. The predicted octanol–water partition coefficient (Wildman–Crippen LogP) is 5.09. The van der Waals surface area contributed by atoms with E-state index in [-0.39, 0.29) is 17.9 Å². The summed E-state index contributed by atoms with van der Waals surface area (Å²) in [7, 11) is 0. The molecular formula is C20H13BrF2N4O. The molecule has 0 saturated heterocycles. The van der Waals surface area contributed by atoms with E-state index < -0.39 is 11.6 Å². The van der Waals surface area contributed by atoms with Crippen molar-refractivity contribution in [3.8, 4) is 22.5 Å². The van der Waals surface area contributed by atoms with Crippen LogP contribution in [0.5, 0.6) is 0 Å². The van der Waals surface area contributed by atoms with Crippen molar-refractivity contribution in [1.29, 1.82) is 0 Å². The summed E-state index contributed by atoms with van der Waals surface area (Å²) in [5.74, 6) is -1.13. The molecule has 0 atom stereocenters. The Morgan fingerprint density at radius 2 is 1.96 bits per heavy atom. The van der Waals surface area contributed by atoms with Gasteiger partial charge in [-0.1, -0.05) is 22.9 Å². The Morgan fingerprint density at radius 3 is 2.68 bits per heavy atom. The Kier molecular flexibility index (Phi) is 4.72. The maximum absolute atomic E-state index is 14.4. The van der Waals surface area contributed by atoms with Crippen LogP contribution in [0, 0.1) is 11.6 Å². The zero-order chi connectivity index (χ0) is 19.8. The summed E-state index contributed by atoms with van der Waals surface area (Å²) in [6.45, 7) is 1.73. The van der Waals surface area contributed by atoms with Gasteiger partial charge >= 0.3 is 0 Å². The number of hydrogen-bond acceptors (Lipinski definition) is 4. The second kappa shape index (κ2) is 7.20. The SMILES string of the molecule is CCC(=O)c1cc(-c2cncc(F)c2)n2nc(-c3ccc(Br)cc3F)cc2n1. The number of rotatable bonds is 4. The first kappa shape index (κ1) is 18.4. The minimum absolute atomic E-state index is 0.161. The van der Waals surface area contributed by atoms with Gasteiger partial charge < -0.3 is 0 Å². The van der Waals surface area contributed by atoms with Crippen molar-refractivity contribution in [3.05, 3.63) is 70.6 Å². The number of aromatic nitrogens is 4. The Labute approximate surface area is 167 Å². The molecule has 0 radical (unpaired) electrons. The van der Waals surface area contributed by atoms with Crippen LogP contribution < -0.4 is 0 Å². The van der Waals surface area contributed by atoms with Gasteiger partial charge in [-0.25, -0.2) is 18.3 Å². The number of ketones is 1. The van der Waals surface area contributed by atoms with Crippen LogP contribution in [0.4, 0.5) is 8.78 Å². The monoisotopic (exact) mass is 442 g/mol. The highest BCUT2D eigenvalue weighted by Gasteiger charge is 2.17. The molecule has 140 valence electrons. The molecule has 4 aromatic rings. The van der Waals surface area contributed by atoms with E-state index in [1.165, 1.54) is 22.8 Å². The number of halogens is 3. The highest BCUT2D eigenvalue weighted by atomic mass is 79.9. The van der Waals surface area contributed by atoms with E-state index in [1.807, 2.05) is 0 Å². The van der Waals surface area contributed by atoms with Crippen LogP contribution in [-0.2, 0) is 0 Å². The highest BCUT2D eigenvalue weighted by Crippen LogP contribution is 2.28. The van der Waals surface area contributed by atoms with Gasteiger partial charge in [0.25, 0.3) is 0 Å². The number of carbonyl (C=O) groups is 1. The fraction of sp³-hybridized carbons (Fsp3) is 0.100. The van der Waals surface area contributed by atoms with E-state index >= 15 is 0 Å². The molecule has 3 aromatic heterocycles. The van der Waals surface area contributed by atoms with Gasteiger partial charge in [0.2, 0.25) is 0 Å². The van der Waals surface area contributed by atoms with E-state index in [4.69, 9.17) is 0 Å². The average Bonchev–Trinajstić information content (AvgIpc) is 3.10. The molecule has 0 aliphatic carbocycles. The fourth-order valence-corrected chi connectivity index (χ4v) is 3.22.